The number of carbonyl (C=O) groups excluding carboxylic acids is 1. The molecule has 1 unspecified atom stereocenters. The summed E-state index contributed by atoms with van der Waals surface area (Å²) in [7, 11) is 3.46. The van der Waals surface area contributed by atoms with E-state index in [2.05, 4.69) is 15.4 Å². The van der Waals surface area contributed by atoms with E-state index < -0.39 is 0 Å². The Kier molecular flexibility index (Phi) is 4.81. The molecule has 1 N–H and O–H groups in total. The SMILES string of the molecule is COCC(NC(=O)c1cc(C)nc2c(C)cccc12)c1ccnn1C. The van der Waals surface area contributed by atoms with Crippen molar-refractivity contribution in [3.8, 4) is 0 Å². The van der Waals surface area contributed by atoms with E-state index in [-0.39, 0.29) is 11.9 Å². The average Bonchev–Trinajstić information content (AvgIpc) is 3.00. The molecule has 1 amide bonds. The molecule has 25 heavy (non-hydrogen) atoms. The number of nitrogens with one attached hydrogen (secondary N) is 1. The van der Waals surface area contributed by atoms with E-state index in [1.165, 1.54) is 0 Å². The molecule has 6 nitrogen and oxygen atoms in total. The minimum absolute atomic E-state index is 0.149. The molecule has 130 valence electrons. The molecule has 0 bridgehead atoms. The monoisotopic (exact) mass is 338 g/mol. The maximum Gasteiger partial charge on any atom is 0.252 e. The van der Waals surface area contributed by atoms with Crippen LogP contribution >= 0.6 is 0 Å². The van der Waals surface area contributed by atoms with Crippen molar-refractivity contribution in [1.82, 2.24) is 20.1 Å². The van der Waals surface area contributed by atoms with E-state index in [0.29, 0.717) is 12.2 Å². The average molecular weight is 338 g/mol. The summed E-state index contributed by atoms with van der Waals surface area (Å²) in [4.78, 5) is 17.6. The highest BCUT2D eigenvalue weighted by molar-refractivity contribution is 6.06. The minimum atomic E-state index is -0.279. The Balaban J connectivity index is 1.99. The first-order valence-corrected chi connectivity index (χ1v) is 8.16. The number of pyridine rings is 1. The van der Waals surface area contributed by atoms with Crippen molar-refractivity contribution in [3.63, 3.8) is 0 Å². The number of fused-ring (bicyclic) bond motifs is 1. The van der Waals surface area contributed by atoms with Crippen LogP contribution < -0.4 is 5.32 Å². The lowest BCUT2D eigenvalue weighted by Gasteiger charge is -2.19. The van der Waals surface area contributed by atoms with E-state index >= 15 is 0 Å². The maximum absolute atomic E-state index is 13.0. The smallest absolute Gasteiger partial charge is 0.252 e. The lowest BCUT2D eigenvalue weighted by atomic mass is 10.0. The van der Waals surface area contributed by atoms with Crippen molar-refractivity contribution in [1.29, 1.82) is 0 Å². The molecule has 0 fully saturated rings. The number of para-hydroxylation sites is 1. The highest BCUT2D eigenvalue weighted by Gasteiger charge is 2.20. The van der Waals surface area contributed by atoms with Gasteiger partial charge in [0, 0.05) is 31.4 Å². The van der Waals surface area contributed by atoms with E-state index in [1.54, 1.807) is 18.0 Å². The molecule has 0 aliphatic heterocycles. The predicted molar refractivity (Wildman–Crippen MR) is 96.5 cm³/mol. The predicted octanol–water partition coefficient (Wildman–Crippen LogP) is 2.70. The van der Waals surface area contributed by atoms with Gasteiger partial charge in [0.15, 0.2) is 0 Å². The third kappa shape index (κ3) is 3.39. The number of methoxy groups -OCH3 is 1. The molecular formula is C19H22N4O2. The summed E-state index contributed by atoms with van der Waals surface area (Å²) in [6.45, 7) is 4.27. The molecular weight excluding hydrogens is 316 g/mol. The second-order valence-electron chi connectivity index (χ2n) is 6.14. The zero-order chi connectivity index (χ0) is 18.0. The van der Waals surface area contributed by atoms with Gasteiger partial charge in [-0.05, 0) is 31.5 Å². The number of aryl methyl sites for hydroxylation is 3. The molecule has 0 saturated heterocycles. The Morgan fingerprint density at radius 1 is 1.32 bits per heavy atom. The van der Waals surface area contributed by atoms with Crippen LogP contribution in [0.2, 0.25) is 0 Å². The van der Waals surface area contributed by atoms with Crippen LogP contribution in [0.4, 0.5) is 0 Å². The highest BCUT2D eigenvalue weighted by atomic mass is 16.5. The molecule has 1 atom stereocenters. The summed E-state index contributed by atoms with van der Waals surface area (Å²) in [6, 6.07) is 9.30. The number of rotatable bonds is 5. The van der Waals surface area contributed by atoms with Crippen LogP contribution in [-0.2, 0) is 11.8 Å². The van der Waals surface area contributed by atoms with Gasteiger partial charge in [0.05, 0.1) is 29.4 Å². The molecule has 0 spiro atoms. The number of nitrogens with zero attached hydrogens (tertiary/aromatic N) is 3. The van der Waals surface area contributed by atoms with Crippen LogP contribution in [0.15, 0.2) is 36.5 Å². The van der Waals surface area contributed by atoms with Crippen LogP contribution in [0.25, 0.3) is 10.9 Å². The highest BCUT2D eigenvalue weighted by Crippen LogP contribution is 2.22. The van der Waals surface area contributed by atoms with Crippen molar-refractivity contribution in [3.05, 3.63) is 59.0 Å². The second kappa shape index (κ2) is 7.03. The fourth-order valence-corrected chi connectivity index (χ4v) is 3.04. The molecule has 2 heterocycles. The first kappa shape index (κ1) is 17.1. The lowest BCUT2D eigenvalue weighted by Crippen LogP contribution is -2.33. The summed E-state index contributed by atoms with van der Waals surface area (Å²) in [5.41, 5.74) is 4.23. The number of aromatic nitrogens is 3. The van der Waals surface area contributed by atoms with Crippen LogP contribution in [0.3, 0.4) is 0 Å². The molecule has 0 radical (unpaired) electrons. The summed E-state index contributed by atoms with van der Waals surface area (Å²) in [5, 5.41) is 8.09. The lowest BCUT2D eigenvalue weighted by molar-refractivity contribution is 0.0894. The Labute approximate surface area is 146 Å². The zero-order valence-electron chi connectivity index (χ0n) is 14.9. The summed E-state index contributed by atoms with van der Waals surface area (Å²) in [5.74, 6) is -0.149. The van der Waals surface area contributed by atoms with Gasteiger partial charge in [-0.25, -0.2) is 0 Å². The number of ether oxygens (including phenoxy) is 1. The van der Waals surface area contributed by atoms with E-state index in [1.807, 2.05) is 51.2 Å². The first-order chi connectivity index (χ1) is 12.0. The summed E-state index contributed by atoms with van der Waals surface area (Å²) >= 11 is 0. The minimum Gasteiger partial charge on any atom is -0.382 e. The molecule has 0 aliphatic rings. The first-order valence-electron chi connectivity index (χ1n) is 8.16. The van der Waals surface area contributed by atoms with Crippen LogP contribution in [0.1, 0.15) is 33.4 Å². The number of hydrogen-bond donors (Lipinski definition) is 1. The summed E-state index contributed by atoms with van der Waals surface area (Å²) < 4.78 is 7.02. The van der Waals surface area contributed by atoms with Gasteiger partial charge in [-0.2, -0.15) is 5.10 Å². The van der Waals surface area contributed by atoms with Crippen LogP contribution in [-0.4, -0.2) is 34.4 Å². The van der Waals surface area contributed by atoms with Gasteiger partial charge in [0.2, 0.25) is 0 Å². The number of hydrogen-bond acceptors (Lipinski definition) is 4. The zero-order valence-corrected chi connectivity index (χ0v) is 14.9. The second-order valence-corrected chi connectivity index (χ2v) is 6.14. The van der Waals surface area contributed by atoms with Crippen molar-refractivity contribution in [2.24, 2.45) is 7.05 Å². The number of amides is 1. The van der Waals surface area contributed by atoms with Gasteiger partial charge in [0.25, 0.3) is 5.91 Å². The maximum atomic E-state index is 13.0. The molecule has 0 saturated carbocycles. The molecule has 0 aliphatic carbocycles. The molecule has 1 aromatic carbocycles. The van der Waals surface area contributed by atoms with E-state index in [9.17, 15) is 4.79 Å². The third-order valence-electron chi connectivity index (χ3n) is 4.27. The number of benzene rings is 1. The van der Waals surface area contributed by atoms with Gasteiger partial charge in [-0.15, -0.1) is 0 Å². The van der Waals surface area contributed by atoms with Gasteiger partial charge in [-0.3, -0.25) is 14.5 Å². The fourth-order valence-electron chi connectivity index (χ4n) is 3.04. The van der Waals surface area contributed by atoms with Gasteiger partial charge in [-0.1, -0.05) is 18.2 Å². The Bertz CT molecular complexity index is 917. The van der Waals surface area contributed by atoms with E-state index in [0.717, 1.165) is 27.9 Å². The van der Waals surface area contributed by atoms with Crippen molar-refractivity contribution in [2.45, 2.75) is 19.9 Å². The van der Waals surface area contributed by atoms with Crippen LogP contribution in [0.5, 0.6) is 0 Å². The molecule has 3 rings (SSSR count). The molecule has 6 heteroatoms. The molecule has 2 aromatic heterocycles. The van der Waals surface area contributed by atoms with Gasteiger partial charge < -0.3 is 10.1 Å². The normalized spacial score (nSPS) is 12.3. The third-order valence-corrected chi connectivity index (χ3v) is 4.27. The standard InChI is InChI=1S/C19H22N4O2/c1-12-6-5-7-14-15(10-13(2)21-18(12)14)19(24)22-16(11-25-4)17-8-9-20-23(17)3/h5-10,16H,11H2,1-4H3,(H,22,24). The van der Waals surface area contributed by atoms with Gasteiger partial charge >= 0.3 is 0 Å². The van der Waals surface area contributed by atoms with Crippen molar-refractivity contribution in [2.75, 3.05) is 13.7 Å². The van der Waals surface area contributed by atoms with Crippen molar-refractivity contribution >= 4 is 16.8 Å². The van der Waals surface area contributed by atoms with Gasteiger partial charge in [0.1, 0.15) is 0 Å². The topological polar surface area (TPSA) is 69.0 Å². The Morgan fingerprint density at radius 2 is 2.12 bits per heavy atom. The van der Waals surface area contributed by atoms with Crippen molar-refractivity contribution < 1.29 is 9.53 Å². The number of carbonyl (C=O) groups is 1. The van der Waals surface area contributed by atoms with Crippen LogP contribution in [0, 0.1) is 13.8 Å². The Morgan fingerprint density at radius 3 is 2.80 bits per heavy atom. The molecule has 3 aromatic rings. The largest absolute Gasteiger partial charge is 0.382 e. The summed E-state index contributed by atoms with van der Waals surface area (Å²) in [6.07, 6.45) is 1.71. The Hall–Kier alpha value is -2.73. The van der Waals surface area contributed by atoms with E-state index in [4.69, 9.17) is 4.74 Å². The quantitative estimate of drug-likeness (QED) is 0.776. The fraction of sp³-hybridized carbons (Fsp3) is 0.316.